The molecule has 3 aromatic carbocycles. The number of carbonyl (C=O) groups is 1. The van der Waals surface area contributed by atoms with Gasteiger partial charge in [0.1, 0.15) is 22.8 Å². The molecule has 1 atom stereocenters. The van der Waals surface area contributed by atoms with Crippen molar-refractivity contribution in [3.8, 4) is 11.5 Å². The zero-order valence-electron chi connectivity index (χ0n) is 31.3. The van der Waals surface area contributed by atoms with E-state index in [2.05, 4.69) is 41.9 Å². The van der Waals surface area contributed by atoms with Crippen molar-refractivity contribution in [3.63, 3.8) is 0 Å². The Morgan fingerprint density at radius 3 is 2.63 bits per heavy atom. The van der Waals surface area contributed by atoms with Crippen molar-refractivity contribution in [2.24, 2.45) is 5.92 Å². The van der Waals surface area contributed by atoms with Crippen molar-refractivity contribution in [1.82, 2.24) is 19.6 Å². The van der Waals surface area contributed by atoms with Crippen LogP contribution < -0.4 is 19.7 Å². The third-order valence-corrected chi connectivity index (χ3v) is 12.8. The minimum atomic E-state index is -4.54. The summed E-state index contributed by atoms with van der Waals surface area (Å²) in [6.07, 6.45) is 9.34. The molecule has 57 heavy (non-hydrogen) atoms. The lowest BCUT2D eigenvalue weighted by Gasteiger charge is -2.40. The molecule has 0 bridgehead atoms. The number of nitro groups is 1. The summed E-state index contributed by atoms with van der Waals surface area (Å²) in [5.74, 6) is -0.187. The van der Waals surface area contributed by atoms with Gasteiger partial charge in [-0.05, 0) is 97.7 Å². The number of hydrogen-bond acceptors (Lipinski definition) is 11. The van der Waals surface area contributed by atoms with E-state index >= 15 is 0 Å². The lowest BCUT2D eigenvalue weighted by molar-refractivity contribution is -0.384. The molecule has 0 saturated carbocycles. The molecule has 4 heterocycles. The number of piperazine rings is 1. The highest BCUT2D eigenvalue weighted by Gasteiger charge is 2.30. The maximum atomic E-state index is 13.9. The maximum Gasteiger partial charge on any atom is 0.293 e. The summed E-state index contributed by atoms with van der Waals surface area (Å²) < 4.78 is 41.1. The van der Waals surface area contributed by atoms with E-state index in [0.29, 0.717) is 37.2 Å². The topological polar surface area (TPSA) is 172 Å². The number of amides is 1. The number of pyridine rings is 1. The molecular weight excluding hydrogens is 770 g/mol. The van der Waals surface area contributed by atoms with Gasteiger partial charge in [-0.25, -0.2) is 18.1 Å². The second-order valence-corrected chi connectivity index (χ2v) is 16.9. The number of sulfonamides is 1. The minimum Gasteiger partial charge on any atom is -0.455 e. The van der Waals surface area contributed by atoms with Gasteiger partial charge < -0.3 is 24.7 Å². The number of aromatic amines is 1. The molecule has 0 spiro atoms. The number of halogens is 1. The van der Waals surface area contributed by atoms with Crippen LogP contribution >= 0.6 is 11.6 Å². The number of H-pyrrole nitrogens is 1. The number of ether oxygens (including phenoxy) is 2. The molecule has 8 rings (SSSR count). The van der Waals surface area contributed by atoms with Crippen LogP contribution in [0.15, 0.2) is 84.0 Å². The first-order valence-corrected chi connectivity index (χ1v) is 21.2. The lowest BCUT2D eigenvalue weighted by atomic mass is 9.97. The molecule has 2 aliphatic heterocycles. The van der Waals surface area contributed by atoms with Crippen LogP contribution in [0.5, 0.6) is 11.5 Å². The number of hydrogen-bond donors (Lipinski definition) is 3. The minimum absolute atomic E-state index is 0.0342. The van der Waals surface area contributed by atoms with Crippen LogP contribution in [0.2, 0.25) is 5.02 Å². The summed E-state index contributed by atoms with van der Waals surface area (Å²) in [6, 6.07) is 18.8. The van der Waals surface area contributed by atoms with Gasteiger partial charge in [-0.2, -0.15) is 0 Å². The Hall–Kier alpha value is -5.22. The van der Waals surface area contributed by atoms with Crippen molar-refractivity contribution in [2.45, 2.75) is 49.5 Å². The van der Waals surface area contributed by atoms with E-state index in [0.717, 1.165) is 86.9 Å². The largest absolute Gasteiger partial charge is 0.455 e. The van der Waals surface area contributed by atoms with E-state index in [1.165, 1.54) is 29.5 Å². The van der Waals surface area contributed by atoms with Gasteiger partial charge in [0.25, 0.3) is 21.6 Å². The summed E-state index contributed by atoms with van der Waals surface area (Å²) in [6.45, 7) is 4.86. The molecule has 2 aromatic heterocycles. The van der Waals surface area contributed by atoms with Crippen molar-refractivity contribution in [2.75, 3.05) is 56.2 Å². The quantitative estimate of drug-likeness (QED) is 0.0687. The predicted molar refractivity (Wildman–Crippen MR) is 218 cm³/mol. The predicted octanol–water partition coefficient (Wildman–Crippen LogP) is 7.46. The van der Waals surface area contributed by atoms with Gasteiger partial charge in [-0.3, -0.25) is 19.8 Å². The number of carbonyl (C=O) groups excluding carboxylic acids is 1. The Bertz CT molecular complexity index is 2390. The van der Waals surface area contributed by atoms with Gasteiger partial charge >= 0.3 is 0 Å². The van der Waals surface area contributed by atoms with Crippen molar-refractivity contribution in [3.05, 3.63) is 111 Å². The lowest BCUT2D eigenvalue weighted by Crippen LogP contribution is -2.47. The molecule has 2 saturated heterocycles. The fourth-order valence-electron chi connectivity index (χ4n) is 8.10. The van der Waals surface area contributed by atoms with E-state index < -0.39 is 31.4 Å². The smallest absolute Gasteiger partial charge is 0.293 e. The van der Waals surface area contributed by atoms with Crippen LogP contribution in [0, 0.1) is 16.0 Å². The number of anilines is 2. The van der Waals surface area contributed by atoms with Crippen LogP contribution in [-0.2, 0) is 21.2 Å². The first-order chi connectivity index (χ1) is 27.6. The number of nitrogens with one attached hydrogen (secondary N) is 3. The monoisotopic (exact) mass is 813 g/mol. The van der Waals surface area contributed by atoms with Crippen molar-refractivity contribution < 1.29 is 27.6 Å². The summed E-state index contributed by atoms with van der Waals surface area (Å²) in [4.78, 5) is 37.1. The highest BCUT2D eigenvalue weighted by atomic mass is 35.5. The van der Waals surface area contributed by atoms with E-state index in [-0.39, 0.29) is 22.9 Å². The molecule has 5 aromatic rings. The van der Waals surface area contributed by atoms with E-state index in [4.69, 9.17) is 21.1 Å². The zero-order chi connectivity index (χ0) is 39.5. The van der Waals surface area contributed by atoms with E-state index in [9.17, 15) is 23.3 Å². The Balaban J connectivity index is 1.02. The molecular formula is C41H44ClN7O7S. The molecule has 1 unspecified atom stereocenters. The highest BCUT2D eigenvalue weighted by molar-refractivity contribution is 7.90. The SMILES string of the molecule is O=C(NS(=O)(=O)c1ccc(NCC2CCOCC2)c([N+](=O)[O-])c1)c1ccc(N2CCN(C3CCCCc4cc(Cl)ccc43)CC2)cc1Oc1cnc2[nH]ccc2c1. The van der Waals surface area contributed by atoms with Gasteiger partial charge in [0.05, 0.1) is 21.6 Å². The zero-order valence-corrected chi connectivity index (χ0v) is 32.9. The summed E-state index contributed by atoms with van der Waals surface area (Å²) in [7, 11) is -4.54. The second kappa shape index (κ2) is 16.7. The van der Waals surface area contributed by atoms with Gasteiger partial charge in [0.2, 0.25) is 0 Å². The summed E-state index contributed by atoms with van der Waals surface area (Å²) in [5.41, 5.74) is 3.90. The van der Waals surface area contributed by atoms with Crippen LogP contribution in [0.4, 0.5) is 17.1 Å². The van der Waals surface area contributed by atoms with Gasteiger partial charge in [0.15, 0.2) is 0 Å². The number of aromatic nitrogens is 2. The van der Waals surface area contributed by atoms with E-state index in [1.54, 1.807) is 30.5 Å². The van der Waals surface area contributed by atoms with Crippen LogP contribution in [0.3, 0.4) is 0 Å². The van der Waals surface area contributed by atoms with Crippen LogP contribution in [0.25, 0.3) is 11.0 Å². The Labute approximate surface area is 335 Å². The molecule has 0 radical (unpaired) electrons. The van der Waals surface area contributed by atoms with E-state index in [1.807, 2.05) is 12.1 Å². The summed E-state index contributed by atoms with van der Waals surface area (Å²) >= 11 is 6.36. The molecule has 3 aliphatic rings. The normalized spacial score (nSPS) is 18.1. The number of benzene rings is 3. The van der Waals surface area contributed by atoms with Crippen molar-refractivity contribution in [1.29, 1.82) is 0 Å². The number of nitrogens with zero attached hydrogens (tertiary/aromatic N) is 4. The number of rotatable bonds is 11. The summed E-state index contributed by atoms with van der Waals surface area (Å²) in [5, 5.41) is 16.7. The standard InChI is InChI=1S/C41H44ClN7O7S/c42-30-5-8-34-28(21-30)3-1-2-4-37(34)48-17-15-47(16-18-48)31-6-9-35(39(23-31)56-32-22-29-11-14-43-40(29)45-26-32)41(50)46-57(53,54)33-7-10-36(38(24-33)49(51)52)44-25-27-12-19-55-20-13-27/h5-11,14,21-24,26-27,37,44H,1-4,12-13,15-20,25H2,(H,43,45)(H,46,50). The van der Waals surface area contributed by atoms with Crippen LogP contribution in [0.1, 0.15) is 59.6 Å². The molecule has 1 amide bonds. The first-order valence-electron chi connectivity index (χ1n) is 19.3. The Morgan fingerprint density at radius 2 is 1.82 bits per heavy atom. The van der Waals surface area contributed by atoms with Gasteiger partial charge in [0, 0.05) is 86.4 Å². The number of aryl methyl sites for hydroxylation is 1. The second-order valence-electron chi connectivity index (χ2n) is 14.8. The number of nitro benzene ring substituents is 1. The maximum absolute atomic E-state index is 13.9. The third kappa shape index (κ3) is 8.71. The molecule has 2 fully saturated rings. The fourth-order valence-corrected chi connectivity index (χ4v) is 9.28. The average Bonchev–Trinajstić information content (AvgIpc) is 3.59. The molecule has 1 aliphatic carbocycles. The van der Waals surface area contributed by atoms with Crippen LogP contribution in [-0.4, -0.2) is 80.1 Å². The molecule has 3 N–H and O–H groups in total. The number of fused-ring (bicyclic) bond motifs is 2. The Morgan fingerprint density at radius 1 is 1.00 bits per heavy atom. The Kier molecular flexibility index (Phi) is 11.3. The van der Waals surface area contributed by atoms with Gasteiger partial charge in [-0.1, -0.05) is 24.1 Å². The molecule has 14 nitrogen and oxygen atoms in total. The first kappa shape index (κ1) is 38.6. The van der Waals surface area contributed by atoms with Crippen molar-refractivity contribution >= 4 is 55.6 Å². The fraction of sp³-hybridized carbons (Fsp3) is 0.366. The molecule has 298 valence electrons. The average molecular weight is 814 g/mol. The highest BCUT2D eigenvalue weighted by Crippen LogP contribution is 2.37. The van der Waals surface area contributed by atoms with Gasteiger partial charge in [-0.15, -0.1) is 0 Å². The molecule has 16 heteroatoms. The third-order valence-electron chi connectivity index (χ3n) is 11.2.